The summed E-state index contributed by atoms with van der Waals surface area (Å²) in [7, 11) is 1.47. The zero-order valence-electron chi connectivity index (χ0n) is 12.6. The number of rotatable bonds is 6. The molecule has 3 N–H and O–H groups in total. The zero-order chi connectivity index (χ0) is 15.3. The number of hydrogen-bond acceptors (Lipinski definition) is 4. The molecule has 0 aliphatic rings. The minimum absolute atomic E-state index is 0.0347. The highest BCUT2D eigenvalue weighted by Gasteiger charge is 2.24. The summed E-state index contributed by atoms with van der Waals surface area (Å²) in [5, 5.41) is 9.76. The Morgan fingerprint density at radius 1 is 1.45 bits per heavy atom. The average molecular weight is 280 g/mol. The molecule has 0 bridgehead atoms. The molecule has 0 unspecified atom stereocenters. The van der Waals surface area contributed by atoms with Gasteiger partial charge in [0.25, 0.3) is 5.91 Å². The van der Waals surface area contributed by atoms with Gasteiger partial charge in [0.1, 0.15) is 0 Å². The van der Waals surface area contributed by atoms with Crippen molar-refractivity contribution in [2.75, 3.05) is 26.7 Å². The molecule has 0 aliphatic heterocycles. The fourth-order valence-corrected chi connectivity index (χ4v) is 1.91. The number of nitrogens with two attached hydrogens (primary N) is 1. The third kappa shape index (κ3) is 3.87. The van der Waals surface area contributed by atoms with Crippen LogP contribution < -0.4 is 10.5 Å². The summed E-state index contributed by atoms with van der Waals surface area (Å²) in [4.78, 5) is 14.2. The van der Waals surface area contributed by atoms with Gasteiger partial charge >= 0.3 is 0 Å². The summed E-state index contributed by atoms with van der Waals surface area (Å²) in [6.45, 7) is 7.64. The predicted octanol–water partition coefficient (Wildman–Crippen LogP) is 1.85. The van der Waals surface area contributed by atoms with Crippen molar-refractivity contribution in [3.05, 3.63) is 23.8 Å². The Morgan fingerprint density at radius 3 is 2.55 bits per heavy atom. The largest absolute Gasteiger partial charge is 0.504 e. The van der Waals surface area contributed by atoms with Crippen LogP contribution in [0.1, 0.15) is 31.1 Å². The molecule has 20 heavy (non-hydrogen) atoms. The van der Waals surface area contributed by atoms with Gasteiger partial charge in [0, 0.05) is 18.7 Å². The number of hydrogen-bond donors (Lipinski definition) is 2. The summed E-state index contributed by atoms with van der Waals surface area (Å²) < 4.78 is 4.97. The molecule has 1 aromatic carbocycles. The lowest BCUT2D eigenvalue weighted by atomic mass is 9.93. The van der Waals surface area contributed by atoms with E-state index in [0.717, 1.165) is 0 Å². The van der Waals surface area contributed by atoms with Crippen molar-refractivity contribution in [1.82, 2.24) is 4.90 Å². The summed E-state index contributed by atoms with van der Waals surface area (Å²) in [6, 6.07) is 4.67. The van der Waals surface area contributed by atoms with E-state index in [2.05, 4.69) is 0 Å². The van der Waals surface area contributed by atoms with Crippen LogP contribution in [-0.4, -0.2) is 42.7 Å². The minimum Gasteiger partial charge on any atom is -0.504 e. The van der Waals surface area contributed by atoms with Crippen molar-refractivity contribution in [2.24, 2.45) is 11.1 Å². The molecule has 0 saturated carbocycles. The Hall–Kier alpha value is -1.75. The predicted molar refractivity (Wildman–Crippen MR) is 79.1 cm³/mol. The summed E-state index contributed by atoms with van der Waals surface area (Å²) in [5.74, 6) is 0.200. The van der Waals surface area contributed by atoms with E-state index in [4.69, 9.17) is 10.5 Å². The first-order valence-corrected chi connectivity index (χ1v) is 6.71. The summed E-state index contributed by atoms with van der Waals surface area (Å²) in [6.07, 6.45) is 0. The number of carbonyl (C=O) groups is 1. The maximum absolute atomic E-state index is 12.5. The fraction of sp³-hybridized carbons (Fsp3) is 0.533. The first-order valence-electron chi connectivity index (χ1n) is 6.71. The summed E-state index contributed by atoms with van der Waals surface area (Å²) >= 11 is 0. The van der Waals surface area contributed by atoms with Gasteiger partial charge in [-0.1, -0.05) is 13.8 Å². The van der Waals surface area contributed by atoms with Gasteiger partial charge in [-0.25, -0.2) is 0 Å². The third-order valence-electron chi connectivity index (χ3n) is 3.27. The Morgan fingerprint density at radius 2 is 2.10 bits per heavy atom. The van der Waals surface area contributed by atoms with E-state index in [-0.39, 0.29) is 17.1 Å². The van der Waals surface area contributed by atoms with E-state index < -0.39 is 0 Å². The number of aromatic hydroxyl groups is 1. The van der Waals surface area contributed by atoms with Crippen molar-refractivity contribution < 1.29 is 14.6 Å². The van der Waals surface area contributed by atoms with Gasteiger partial charge in [0.05, 0.1) is 7.11 Å². The minimum atomic E-state index is -0.139. The molecule has 0 aliphatic carbocycles. The van der Waals surface area contributed by atoms with Crippen LogP contribution in [0.2, 0.25) is 0 Å². The standard InChI is InChI=1S/C15H24N2O3/c1-5-17(10-15(2,3)9-16)14(19)11-6-7-13(20-4)12(18)8-11/h6-8,18H,5,9-10,16H2,1-4H3. The molecule has 5 heteroatoms. The van der Waals surface area contributed by atoms with Crippen molar-refractivity contribution in [3.8, 4) is 11.5 Å². The highest BCUT2D eigenvalue weighted by Crippen LogP contribution is 2.27. The Bertz CT molecular complexity index is 472. The molecule has 1 amide bonds. The van der Waals surface area contributed by atoms with Crippen molar-refractivity contribution in [2.45, 2.75) is 20.8 Å². The van der Waals surface area contributed by atoms with Crippen LogP contribution in [0.15, 0.2) is 18.2 Å². The summed E-state index contributed by atoms with van der Waals surface area (Å²) in [5.41, 5.74) is 6.02. The second-order valence-corrected chi connectivity index (χ2v) is 5.57. The van der Waals surface area contributed by atoms with Crippen LogP contribution in [0.25, 0.3) is 0 Å². The molecular weight excluding hydrogens is 256 g/mol. The first kappa shape index (κ1) is 16.3. The molecule has 0 radical (unpaired) electrons. The molecule has 0 saturated heterocycles. The van der Waals surface area contributed by atoms with Crippen LogP contribution in [0.3, 0.4) is 0 Å². The van der Waals surface area contributed by atoms with Gasteiger partial charge in [-0.05, 0) is 37.1 Å². The fourth-order valence-electron chi connectivity index (χ4n) is 1.91. The van der Waals surface area contributed by atoms with E-state index in [1.807, 2.05) is 20.8 Å². The second-order valence-electron chi connectivity index (χ2n) is 5.57. The molecule has 0 heterocycles. The van der Waals surface area contributed by atoms with Crippen LogP contribution in [0.5, 0.6) is 11.5 Å². The third-order valence-corrected chi connectivity index (χ3v) is 3.27. The molecule has 5 nitrogen and oxygen atoms in total. The van der Waals surface area contributed by atoms with Gasteiger partial charge in [-0.2, -0.15) is 0 Å². The highest BCUT2D eigenvalue weighted by atomic mass is 16.5. The molecule has 0 fully saturated rings. The Kier molecular flexibility index (Phi) is 5.39. The first-order chi connectivity index (χ1) is 9.34. The van der Waals surface area contributed by atoms with Gasteiger partial charge in [0.2, 0.25) is 0 Å². The molecule has 0 spiro atoms. The van der Waals surface area contributed by atoms with Gasteiger partial charge in [0.15, 0.2) is 11.5 Å². The smallest absolute Gasteiger partial charge is 0.254 e. The molecular formula is C15H24N2O3. The molecule has 0 aromatic heterocycles. The van der Waals surface area contributed by atoms with Gasteiger partial charge < -0.3 is 20.5 Å². The van der Waals surface area contributed by atoms with Crippen LogP contribution in [0, 0.1) is 5.41 Å². The highest BCUT2D eigenvalue weighted by molar-refractivity contribution is 5.94. The Labute approximate surface area is 120 Å². The number of phenols is 1. The van der Waals surface area contributed by atoms with Gasteiger partial charge in [-0.3, -0.25) is 4.79 Å². The van der Waals surface area contributed by atoms with Gasteiger partial charge in [-0.15, -0.1) is 0 Å². The molecule has 1 rings (SSSR count). The van der Waals surface area contributed by atoms with Crippen molar-refractivity contribution in [1.29, 1.82) is 0 Å². The van der Waals surface area contributed by atoms with E-state index in [1.54, 1.807) is 17.0 Å². The second kappa shape index (κ2) is 6.61. The monoisotopic (exact) mass is 280 g/mol. The normalized spacial score (nSPS) is 11.2. The number of ether oxygens (including phenoxy) is 1. The number of benzene rings is 1. The lowest BCUT2D eigenvalue weighted by Gasteiger charge is -2.31. The van der Waals surface area contributed by atoms with E-state index in [1.165, 1.54) is 13.2 Å². The Balaban J connectivity index is 2.94. The number of carbonyl (C=O) groups excluding carboxylic acids is 1. The zero-order valence-corrected chi connectivity index (χ0v) is 12.6. The van der Waals surface area contributed by atoms with E-state index in [9.17, 15) is 9.90 Å². The van der Waals surface area contributed by atoms with Crippen molar-refractivity contribution in [3.63, 3.8) is 0 Å². The topological polar surface area (TPSA) is 75.8 Å². The quantitative estimate of drug-likeness (QED) is 0.834. The van der Waals surface area contributed by atoms with E-state index in [0.29, 0.717) is 30.9 Å². The van der Waals surface area contributed by atoms with E-state index >= 15 is 0 Å². The maximum atomic E-state index is 12.5. The van der Waals surface area contributed by atoms with Crippen LogP contribution in [0.4, 0.5) is 0 Å². The number of methoxy groups -OCH3 is 1. The molecule has 0 atom stereocenters. The van der Waals surface area contributed by atoms with Crippen LogP contribution in [-0.2, 0) is 0 Å². The lowest BCUT2D eigenvalue weighted by Crippen LogP contribution is -2.41. The molecule has 112 valence electrons. The number of nitrogens with zero attached hydrogens (tertiary/aromatic N) is 1. The van der Waals surface area contributed by atoms with Crippen LogP contribution >= 0.6 is 0 Å². The van der Waals surface area contributed by atoms with Crippen molar-refractivity contribution >= 4 is 5.91 Å². The lowest BCUT2D eigenvalue weighted by molar-refractivity contribution is 0.0700. The maximum Gasteiger partial charge on any atom is 0.254 e. The number of phenolic OH excluding ortho intramolecular Hbond substituents is 1. The average Bonchev–Trinajstić information content (AvgIpc) is 2.44. The SMILES string of the molecule is CCN(CC(C)(C)CN)C(=O)c1ccc(OC)c(O)c1. The molecule has 1 aromatic rings. The number of amides is 1.